The fourth-order valence-corrected chi connectivity index (χ4v) is 5.15. The van der Waals surface area contributed by atoms with Crippen LogP contribution in [0.4, 0.5) is 0 Å². The van der Waals surface area contributed by atoms with Crippen LogP contribution in [0, 0.1) is 29.1 Å². The van der Waals surface area contributed by atoms with E-state index >= 15 is 0 Å². The number of rotatable bonds is 0. The minimum absolute atomic E-state index is 0.0442. The van der Waals surface area contributed by atoms with Gasteiger partial charge in [-0.3, -0.25) is 4.79 Å². The van der Waals surface area contributed by atoms with E-state index in [9.17, 15) is 25.2 Å². The average molecular weight is 350 g/mol. The maximum atomic E-state index is 13.0. The Bertz CT molecular complexity index is 636. The second-order valence-electron chi connectivity index (χ2n) is 9.03. The van der Waals surface area contributed by atoms with Crippen molar-refractivity contribution < 1.29 is 25.2 Å². The topological polar surface area (TPSA) is 98.0 Å². The van der Waals surface area contributed by atoms with Crippen molar-refractivity contribution in [2.75, 3.05) is 0 Å². The summed E-state index contributed by atoms with van der Waals surface area (Å²) in [6, 6.07) is 0. The molecule has 0 aliphatic heterocycles. The predicted octanol–water partition coefficient (Wildman–Crippen LogP) is 1.20. The molecule has 0 aromatic carbocycles. The van der Waals surface area contributed by atoms with Crippen molar-refractivity contribution in [3.63, 3.8) is 0 Å². The van der Waals surface area contributed by atoms with Gasteiger partial charge in [-0.2, -0.15) is 0 Å². The highest BCUT2D eigenvalue weighted by Gasteiger charge is 2.61. The molecule has 0 spiro atoms. The zero-order valence-corrected chi connectivity index (χ0v) is 15.4. The van der Waals surface area contributed by atoms with Crippen molar-refractivity contribution in [3.05, 3.63) is 23.8 Å². The summed E-state index contributed by atoms with van der Waals surface area (Å²) in [4.78, 5) is 13.0. The second kappa shape index (κ2) is 5.74. The lowest BCUT2D eigenvalue weighted by Crippen LogP contribution is -2.51. The number of fused-ring (bicyclic) bond motifs is 2. The number of hydrogen-bond acceptors (Lipinski definition) is 5. The van der Waals surface area contributed by atoms with Crippen molar-refractivity contribution in [3.8, 4) is 0 Å². The van der Waals surface area contributed by atoms with Crippen molar-refractivity contribution in [2.24, 2.45) is 29.1 Å². The molecule has 5 heteroatoms. The third-order valence-electron chi connectivity index (χ3n) is 7.08. The minimum Gasteiger partial charge on any atom is -0.392 e. The van der Waals surface area contributed by atoms with Crippen molar-refractivity contribution >= 4 is 5.78 Å². The Hall–Kier alpha value is -1.01. The molecule has 0 heterocycles. The summed E-state index contributed by atoms with van der Waals surface area (Å²) in [6.45, 7) is 11.4. The molecule has 0 bridgehead atoms. The summed E-state index contributed by atoms with van der Waals surface area (Å²) in [6.07, 6.45) is -0.880. The van der Waals surface area contributed by atoms with Crippen LogP contribution in [0.1, 0.15) is 40.5 Å². The molecule has 2 saturated carbocycles. The molecule has 8 atom stereocenters. The fourth-order valence-electron chi connectivity index (χ4n) is 5.15. The van der Waals surface area contributed by atoms with Gasteiger partial charge in [-0.1, -0.05) is 33.4 Å². The quantitative estimate of drug-likeness (QED) is 0.492. The first kappa shape index (κ1) is 18.8. The zero-order valence-electron chi connectivity index (χ0n) is 15.4. The Kier molecular flexibility index (Phi) is 4.31. The molecule has 0 aromatic heterocycles. The van der Waals surface area contributed by atoms with Gasteiger partial charge in [-0.05, 0) is 54.1 Å². The van der Waals surface area contributed by atoms with Gasteiger partial charge in [0.1, 0.15) is 5.60 Å². The second-order valence-corrected chi connectivity index (χ2v) is 9.03. The van der Waals surface area contributed by atoms with Crippen LogP contribution >= 0.6 is 0 Å². The number of Topliss-reactive ketones (excluding diaryl/α,β-unsaturated/α-hetero) is 1. The minimum atomic E-state index is -1.85. The third-order valence-corrected chi connectivity index (χ3v) is 7.08. The van der Waals surface area contributed by atoms with Gasteiger partial charge in [0.2, 0.25) is 0 Å². The highest BCUT2D eigenvalue weighted by Crippen LogP contribution is 2.62. The number of aliphatic hydroxyl groups is 4. The molecule has 0 amide bonds. The maximum Gasteiger partial charge on any atom is 0.190 e. The summed E-state index contributed by atoms with van der Waals surface area (Å²) < 4.78 is 0. The lowest BCUT2D eigenvalue weighted by molar-refractivity contribution is -0.144. The standard InChI is InChI=1S/C20H30O5/c1-9-6-12-13(19(12,4)5)7-14(21)11(3)17(23)15-16(22)10(2)8-20(15,25)18(9)24/h6,10,12-17,21-23,25H,3,7-8H2,1-2,4-5H3/b9-6-. The van der Waals surface area contributed by atoms with Gasteiger partial charge < -0.3 is 20.4 Å². The molecule has 2 fully saturated rings. The number of allylic oxidation sites excluding steroid dienone is 1. The number of aliphatic hydroxyl groups excluding tert-OH is 3. The fraction of sp³-hybridized carbons (Fsp3) is 0.750. The largest absolute Gasteiger partial charge is 0.392 e. The first-order valence-corrected chi connectivity index (χ1v) is 9.11. The van der Waals surface area contributed by atoms with E-state index in [1.165, 1.54) is 0 Å². The van der Waals surface area contributed by atoms with Crippen LogP contribution in [0.3, 0.4) is 0 Å². The monoisotopic (exact) mass is 350 g/mol. The average Bonchev–Trinajstić information content (AvgIpc) is 2.92. The number of carbonyl (C=O) groups is 1. The number of carbonyl (C=O) groups excluding carboxylic acids is 1. The van der Waals surface area contributed by atoms with Crippen LogP contribution < -0.4 is 0 Å². The molecule has 3 aliphatic carbocycles. The van der Waals surface area contributed by atoms with Crippen molar-refractivity contribution in [2.45, 2.75) is 64.4 Å². The molecular formula is C20H30O5. The summed E-state index contributed by atoms with van der Waals surface area (Å²) in [5, 5.41) is 43.0. The van der Waals surface area contributed by atoms with E-state index < -0.39 is 35.6 Å². The summed E-state index contributed by atoms with van der Waals surface area (Å²) in [5.74, 6) is -1.53. The lowest BCUT2D eigenvalue weighted by atomic mass is 9.77. The molecule has 8 unspecified atom stereocenters. The van der Waals surface area contributed by atoms with E-state index in [2.05, 4.69) is 20.4 Å². The van der Waals surface area contributed by atoms with Gasteiger partial charge in [-0.15, -0.1) is 0 Å². The Balaban J connectivity index is 2.08. The van der Waals surface area contributed by atoms with Gasteiger partial charge in [0.05, 0.1) is 24.2 Å². The summed E-state index contributed by atoms with van der Waals surface area (Å²) in [5.41, 5.74) is -1.26. The molecule has 140 valence electrons. The highest BCUT2D eigenvalue weighted by atomic mass is 16.3. The van der Waals surface area contributed by atoms with Gasteiger partial charge in [0.25, 0.3) is 0 Å². The Morgan fingerprint density at radius 2 is 1.84 bits per heavy atom. The molecule has 4 N–H and O–H groups in total. The molecule has 3 rings (SSSR count). The highest BCUT2D eigenvalue weighted by molar-refractivity contribution is 6.02. The first-order chi connectivity index (χ1) is 11.4. The van der Waals surface area contributed by atoms with Crippen molar-refractivity contribution in [1.82, 2.24) is 0 Å². The van der Waals surface area contributed by atoms with Crippen LogP contribution in [0.25, 0.3) is 0 Å². The Morgan fingerprint density at radius 1 is 1.24 bits per heavy atom. The molecule has 3 aliphatic rings. The lowest BCUT2D eigenvalue weighted by Gasteiger charge is -2.35. The Morgan fingerprint density at radius 3 is 2.44 bits per heavy atom. The molecule has 0 radical (unpaired) electrons. The van der Waals surface area contributed by atoms with Crippen molar-refractivity contribution in [1.29, 1.82) is 0 Å². The summed E-state index contributed by atoms with van der Waals surface area (Å²) >= 11 is 0. The van der Waals surface area contributed by atoms with E-state index in [-0.39, 0.29) is 35.2 Å². The van der Waals surface area contributed by atoms with Crippen LogP contribution in [-0.4, -0.2) is 50.1 Å². The molecule has 25 heavy (non-hydrogen) atoms. The number of hydrogen-bond donors (Lipinski definition) is 4. The molecular weight excluding hydrogens is 320 g/mol. The van der Waals surface area contributed by atoms with E-state index in [0.717, 1.165) is 0 Å². The molecule has 5 nitrogen and oxygen atoms in total. The van der Waals surface area contributed by atoms with Gasteiger partial charge in [0.15, 0.2) is 5.78 Å². The molecule has 0 aromatic rings. The Labute approximate surface area is 149 Å². The first-order valence-electron chi connectivity index (χ1n) is 9.11. The molecule has 0 saturated heterocycles. The van der Waals surface area contributed by atoms with Crippen LogP contribution in [0.15, 0.2) is 23.8 Å². The van der Waals surface area contributed by atoms with Gasteiger partial charge >= 0.3 is 0 Å². The van der Waals surface area contributed by atoms with E-state index in [0.29, 0.717) is 12.0 Å². The predicted molar refractivity (Wildman–Crippen MR) is 93.5 cm³/mol. The summed E-state index contributed by atoms with van der Waals surface area (Å²) in [7, 11) is 0. The zero-order chi connectivity index (χ0) is 18.9. The van der Waals surface area contributed by atoms with Gasteiger partial charge in [-0.25, -0.2) is 0 Å². The van der Waals surface area contributed by atoms with Crippen LogP contribution in [-0.2, 0) is 4.79 Å². The van der Waals surface area contributed by atoms with E-state index in [1.54, 1.807) is 13.8 Å². The number of ketones is 1. The third kappa shape index (κ3) is 2.64. The van der Waals surface area contributed by atoms with Gasteiger partial charge in [0, 0.05) is 0 Å². The van der Waals surface area contributed by atoms with Crippen LogP contribution in [0.5, 0.6) is 0 Å². The van der Waals surface area contributed by atoms with E-state index in [4.69, 9.17) is 0 Å². The van der Waals surface area contributed by atoms with Crippen LogP contribution in [0.2, 0.25) is 0 Å². The SMILES string of the molecule is C=C1C(O)CC2C(/C=C(/C)C(=O)C3(O)CC(C)C(O)C3C1O)C2(C)C. The van der Waals surface area contributed by atoms with E-state index in [1.807, 2.05) is 6.08 Å². The smallest absolute Gasteiger partial charge is 0.190 e. The maximum absolute atomic E-state index is 13.0. The normalized spacial score (nSPS) is 51.8.